The van der Waals surface area contributed by atoms with Crippen LogP contribution in [-0.2, 0) is 0 Å². The summed E-state index contributed by atoms with van der Waals surface area (Å²) in [6.07, 6.45) is 11.7. The number of nitrogens with two attached hydrogens (primary N) is 2. The third kappa shape index (κ3) is 3.54. The van der Waals surface area contributed by atoms with E-state index in [4.69, 9.17) is 16.5 Å². The van der Waals surface area contributed by atoms with E-state index in [1.54, 1.807) is 17.0 Å². The lowest BCUT2D eigenvalue weighted by Gasteiger charge is -2.24. The second-order valence-electron chi connectivity index (χ2n) is 7.67. The molecule has 1 aliphatic rings. The van der Waals surface area contributed by atoms with Crippen LogP contribution in [0.25, 0.3) is 11.3 Å². The van der Waals surface area contributed by atoms with Gasteiger partial charge in [0.1, 0.15) is 5.82 Å². The number of nitrogens with one attached hydrogen (secondary N) is 1. The maximum Gasteiger partial charge on any atom is 0.177 e. The molecule has 1 aromatic carbocycles. The summed E-state index contributed by atoms with van der Waals surface area (Å²) in [4.78, 5) is 8.97. The molecule has 1 aliphatic carbocycles. The molecule has 0 aliphatic heterocycles. The highest BCUT2D eigenvalue weighted by atomic mass is 15.3. The molecule has 5 N–H and O–H groups in total. The van der Waals surface area contributed by atoms with Crippen LogP contribution in [0.2, 0.25) is 0 Å². The number of aromatic nitrogens is 5. The molecule has 0 bridgehead atoms. The first-order valence-corrected chi connectivity index (χ1v) is 9.92. The Bertz CT molecular complexity index is 1110. The zero-order valence-electron chi connectivity index (χ0n) is 16.1. The van der Waals surface area contributed by atoms with Crippen molar-refractivity contribution in [3.63, 3.8) is 0 Å². The third-order valence-electron chi connectivity index (χ3n) is 5.60. The van der Waals surface area contributed by atoms with Crippen molar-refractivity contribution in [2.45, 2.75) is 37.6 Å². The molecule has 3 aromatic heterocycles. The minimum atomic E-state index is 0.319. The molecule has 4 aromatic rings. The molecule has 0 spiro atoms. The van der Waals surface area contributed by atoms with Gasteiger partial charge in [-0.1, -0.05) is 0 Å². The van der Waals surface area contributed by atoms with E-state index < -0.39 is 0 Å². The molecule has 3 heterocycles. The van der Waals surface area contributed by atoms with E-state index in [2.05, 4.69) is 15.4 Å². The number of hydrogen-bond acceptors (Lipinski definition) is 6. The number of fused-ring (bicyclic) bond motifs is 1. The van der Waals surface area contributed by atoms with E-state index in [1.807, 2.05) is 47.3 Å². The SMILES string of the molecule is Nc1cc(Nc2ccc(-n3ccnc3)cc2)c2nc(C3CCC(N)CC3)cn2n1. The van der Waals surface area contributed by atoms with Crippen LogP contribution in [0.4, 0.5) is 17.2 Å². The summed E-state index contributed by atoms with van der Waals surface area (Å²) in [6.45, 7) is 0. The summed E-state index contributed by atoms with van der Waals surface area (Å²) >= 11 is 0. The summed E-state index contributed by atoms with van der Waals surface area (Å²) < 4.78 is 3.74. The molecule has 0 saturated heterocycles. The monoisotopic (exact) mass is 388 g/mol. The molecule has 0 radical (unpaired) electrons. The van der Waals surface area contributed by atoms with Gasteiger partial charge in [0.25, 0.3) is 0 Å². The van der Waals surface area contributed by atoms with Crippen molar-refractivity contribution < 1.29 is 0 Å². The number of rotatable bonds is 4. The molecule has 5 rings (SSSR count). The number of benzene rings is 1. The highest BCUT2D eigenvalue weighted by Crippen LogP contribution is 2.33. The van der Waals surface area contributed by atoms with Crippen LogP contribution in [0.5, 0.6) is 0 Å². The predicted molar refractivity (Wildman–Crippen MR) is 113 cm³/mol. The standard InChI is InChI=1S/C21H24N8/c22-15-3-1-14(2-4-15)19-12-29-21(26-19)18(11-20(23)27-29)25-16-5-7-17(8-6-16)28-10-9-24-13-28/h5-15,25H,1-4,22H2,(H2,23,27). The maximum absolute atomic E-state index is 6.05. The molecule has 1 fully saturated rings. The lowest BCUT2D eigenvalue weighted by Crippen LogP contribution is -2.25. The second kappa shape index (κ2) is 7.21. The molecule has 0 atom stereocenters. The van der Waals surface area contributed by atoms with E-state index in [-0.39, 0.29) is 0 Å². The first-order valence-electron chi connectivity index (χ1n) is 9.92. The summed E-state index contributed by atoms with van der Waals surface area (Å²) in [7, 11) is 0. The minimum Gasteiger partial charge on any atom is -0.382 e. The lowest BCUT2D eigenvalue weighted by molar-refractivity contribution is 0.391. The summed E-state index contributed by atoms with van der Waals surface area (Å²) in [5.41, 5.74) is 16.8. The number of anilines is 3. The third-order valence-corrected chi connectivity index (χ3v) is 5.60. The minimum absolute atomic E-state index is 0.319. The van der Waals surface area contributed by atoms with Crippen molar-refractivity contribution in [2.24, 2.45) is 5.73 Å². The highest BCUT2D eigenvalue weighted by molar-refractivity contribution is 5.76. The molecule has 8 nitrogen and oxygen atoms in total. The van der Waals surface area contributed by atoms with E-state index in [0.29, 0.717) is 17.8 Å². The van der Waals surface area contributed by atoms with Crippen LogP contribution in [0, 0.1) is 0 Å². The largest absolute Gasteiger partial charge is 0.382 e. The first-order chi connectivity index (χ1) is 14.2. The Morgan fingerprint density at radius 3 is 2.59 bits per heavy atom. The van der Waals surface area contributed by atoms with Crippen LogP contribution in [0.1, 0.15) is 37.3 Å². The van der Waals surface area contributed by atoms with Gasteiger partial charge in [-0.3, -0.25) is 0 Å². The van der Waals surface area contributed by atoms with Gasteiger partial charge in [-0.15, -0.1) is 5.10 Å². The Morgan fingerprint density at radius 1 is 1.07 bits per heavy atom. The molecular formula is C21H24N8. The van der Waals surface area contributed by atoms with Crippen molar-refractivity contribution >= 4 is 22.8 Å². The Hall–Kier alpha value is -3.39. The van der Waals surface area contributed by atoms with Crippen molar-refractivity contribution in [1.29, 1.82) is 0 Å². The number of hydrogen-bond donors (Lipinski definition) is 3. The van der Waals surface area contributed by atoms with Crippen LogP contribution >= 0.6 is 0 Å². The smallest absolute Gasteiger partial charge is 0.177 e. The molecule has 148 valence electrons. The topological polar surface area (TPSA) is 112 Å². The van der Waals surface area contributed by atoms with Gasteiger partial charge >= 0.3 is 0 Å². The molecular weight excluding hydrogens is 364 g/mol. The van der Waals surface area contributed by atoms with Gasteiger partial charge in [-0.05, 0) is 49.9 Å². The fraction of sp³-hybridized carbons (Fsp3) is 0.286. The fourth-order valence-electron chi connectivity index (χ4n) is 4.00. The number of nitrogen functional groups attached to an aromatic ring is 1. The van der Waals surface area contributed by atoms with Gasteiger partial charge in [0.2, 0.25) is 0 Å². The van der Waals surface area contributed by atoms with Crippen molar-refractivity contribution in [3.05, 3.63) is 60.9 Å². The van der Waals surface area contributed by atoms with Crippen LogP contribution in [-0.4, -0.2) is 30.2 Å². The van der Waals surface area contributed by atoms with Gasteiger partial charge in [0.05, 0.1) is 23.9 Å². The molecule has 1 saturated carbocycles. The summed E-state index contributed by atoms with van der Waals surface area (Å²) in [6, 6.07) is 10.3. The Balaban J connectivity index is 1.43. The van der Waals surface area contributed by atoms with Gasteiger partial charge < -0.3 is 21.4 Å². The molecule has 29 heavy (non-hydrogen) atoms. The van der Waals surface area contributed by atoms with Crippen molar-refractivity contribution in [3.8, 4) is 5.69 Å². The summed E-state index contributed by atoms with van der Waals surface area (Å²) in [5.74, 6) is 0.879. The van der Waals surface area contributed by atoms with Crippen LogP contribution in [0.3, 0.4) is 0 Å². The predicted octanol–water partition coefficient (Wildman–Crippen LogP) is 3.23. The van der Waals surface area contributed by atoms with Crippen LogP contribution in [0.15, 0.2) is 55.2 Å². The number of imidazole rings is 2. The van der Waals surface area contributed by atoms with Crippen molar-refractivity contribution in [2.75, 3.05) is 11.1 Å². The zero-order chi connectivity index (χ0) is 19.8. The fourth-order valence-corrected chi connectivity index (χ4v) is 4.00. The highest BCUT2D eigenvalue weighted by Gasteiger charge is 2.23. The Morgan fingerprint density at radius 2 is 1.86 bits per heavy atom. The van der Waals surface area contributed by atoms with Crippen LogP contribution < -0.4 is 16.8 Å². The van der Waals surface area contributed by atoms with Gasteiger partial charge in [0, 0.05) is 41.8 Å². The van der Waals surface area contributed by atoms with E-state index in [9.17, 15) is 0 Å². The van der Waals surface area contributed by atoms with Gasteiger partial charge in [-0.2, -0.15) is 0 Å². The van der Waals surface area contributed by atoms with Gasteiger partial charge in [0.15, 0.2) is 5.65 Å². The Labute approximate surface area is 168 Å². The second-order valence-corrected chi connectivity index (χ2v) is 7.67. The molecule has 0 amide bonds. The zero-order valence-corrected chi connectivity index (χ0v) is 16.1. The lowest BCUT2D eigenvalue weighted by atomic mass is 9.85. The molecule has 0 unspecified atom stereocenters. The number of nitrogens with zero attached hydrogens (tertiary/aromatic N) is 5. The summed E-state index contributed by atoms with van der Waals surface area (Å²) in [5, 5.41) is 7.85. The molecule has 8 heteroatoms. The average molecular weight is 388 g/mol. The van der Waals surface area contributed by atoms with Crippen molar-refractivity contribution in [1.82, 2.24) is 24.1 Å². The van der Waals surface area contributed by atoms with E-state index >= 15 is 0 Å². The quantitative estimate of drug-likeness (QED) is 0.495. The maximum atomic E-state index is 6.05. The van der Waals surface area contributed by atoms with Gasteiger partial charge in [-0.25, -0.2) is 14.5 Å². The average Bonchev–Trinajstić information content (AvgIpc) is 3.39. The first kappa shape index (κ1) is 17.7. The normalized spacial score (nSPS) is 19.5. The van der Waals surface area contributed by atoms with E-state index in [1.165, 1.54) is 0 Å². The van der Waals surface area contributed by atoms with E-state index in [0.717, 1.165) is 54.1 Å². The Kier molecular flexibility index (Phi) is 4.40.